The van der Waals surface area contributed by atoms with Gasteiger partial charge in [-0.15, -0.1) is 0 Å². The molecule has 0 amide bonds. The zero-order valence-electron chi connectivity index (χ0n) is 33.7. The maximum Gasteiger partial charge on any atom is 0.137 e. The quantitative estimate of drug-likeness (QED) is 0.164. The normalized spacial score (nSPS) is 14.4. The van der Waals surface area contributed by atoms with Gasteiger partial charge in [-0.05, 0) is 119 Å². The Hall–Kier alpha value is -7.03. The summed E-state index contributed by atoms with van der Waals surface area (Å²) in [6.07, 6.45) is 2.11. The highest BCUT2D eigenvalue weighted by molar-refractivity contribution is 6.22. The maximum absolute atomic E-state index is 5.19. The minimum absolute atomic E-state index is 0.0965. The standard InChI is InChI=1S/C57H42N2/c1-56(2)47-22-12-10-18-39(47)41-30-29-38(32-49(41)56)53-43-21-9-8-20-42(43)52(46-34-50-44(33-45(46)53)40-19-11-13-23-48(40)57(50,3)4)35-25-27-36(28-26-35)54-55(37-16-6-5-7-17-37)59-31-15-14-24-51(59)58-54/h5-34H,1-4H3. The zero-order valence-corrected chi connectivity index (χ0v) is 33.7. The molecule has 2 aliphatic rings. The minimum atomic E-state index is -0.132. The van der Waals surface area contributed by atoms with Gasteiger partial charge < -0.3 is 0 Å². The molecule has 0 fully saturated rings. The first kappa shape index (κ1) is 34.0. The summed E-state index contributed by atoms with van der Waals surface area (Å²) in [5.74, 6) is 0. The molecule has 0 aliphatic heterocycles. The lowest BCUT2D eigenvalue weighted by atomic mass is 9.78. The predicted octanol–water partition coefficient (Wildman–Crippen LogP) is 14.9. The molecule has 2 heterocycles. The maximum atomic E-state index is 5.19. The first-order chi connectivity index (χ1) is 28.8. The summed E-state index contributed by atoms with van der Waals surface area (Å²) < 4.78 is 2.21. The van der Waals surface area contributed by atoms with E-state index in [1.165, 1.54) is 88.3 Å². The van der Waals surface area contributed by atoms with Gasteiger partial charge in [0.1, 0.15) is 5.65 Å². The summed E-state index contributed by atoms with van der Waals surface area (Å²) in [7, 11) is 0. The summed E-state index contributed by atoms with van der Waals surface area (Å²) >= 11 is 0. The number of hydrogen-bond acceptors (Lipinski definition) is 1. The number of hydrogen-bond donors (Lipinski definition) is 0. The summed E-state index contributed by atoms with van der Waals surface area (Å²) in [5, 5.41) is 5.10. The van der Waals surface area contributed by atoms with Gasteiger partial charge in [0.2, 0.25) is 0 Å². The Labute approximate surface area is 345 Å². The van der Waals surface area contributed by atoms with Gasteiger partial charge in [0.25, 0.3) is 0 Å². The van der Waals surface area contributed by atoms with E-state index in [0.29, 0.717) is 0 Å². The molecule has 59 heavy (non-hydrogen) atoms. The fraction of sp³-hybridized carbons (Fsp3) is 0.105. The molecule has 2 aliphatic carbocycles. The second kappa shape index (κ2) is 12.2. The second-order valence-electron chi connectivity index (χ2n) is 17.5. The molecule has 10 aromatic rings. The van der Waals surface area contributed by atoms with Crippen LogP contribution in [0.25, 0.3) is 94.2 Å². The third-order valence-electron chi connectivity index (χ3n) is 13.6. The Bertz CT molecular complexity index is 3360. The van der Waals surface area contributed by atoms with Gasteiger partial charge in [0, 0.05) is 28.2 Å². The number of benzene rings is 8. The van der Waals surface area contributed by atoms with Gasteiger partial charge >= 0.3 is 0 Å². The first-order valence-electron chi connectivity index (χ1n) is 20.8. The summed E-state index contributed by atoms with van der Waals surface area (Å²) in [4.78, 5) is 5.19. The molecule has 0 saturated heterocycles. The molecule has 0 spiro atoms. The van der Waals surface area contributed by atoms with Crippen LogP contribution in [-0.4, -0.2) is 9.38 Å². The molecular weight excluding hydrogens is 713 g/mol. The molecular formula is C57H42N2. The molecule has 0 saturated carbocycles. The van der Waals surface area contributed by atoms with E-state index >= 15 is 0 Å². The van der Waals surface area contributed by atoms with E-state index in [-0.39, 0.29) is 10.8 Å². The Balaban J connectivity index is 1.12. The number of rotatable bonds is 4. The van der Waals surface area contributed by atoms with Crippen molar-refractivity contribution < 1.29 is 0 Å². The number of pyridine rings is 1. The van der Waals surface area contributed by atoms with Crippen molar-refractivity contribution in [3.8, 4) is 67.0 Å². The van der Waals surface area contributed by atoms with Crippen molar-refractivity contribution in [1.29, 1.82) is 0 Å². The topological polar surface area (TPSA) is 17.3 Å². The van der Waals surface area contributed by atoms with Crippen molar-refractivity contribution >= 4 is 27.2 Å². The van der Waals surface area contributed by atoms with Crippen LogP contribution in [0.3, 0.4) is 0 Å². The lowest BCUT2D eigenvalue weighted by molar-refractivity contribution is 0.660. The second-order valence-corrected chi connectivity index (χ2v) is 17.5. The fourth-order valence-electron chi connectivity index (χ4n) is 10.7. The van der Waals surface area contributed by atoms with E-state index in [4.69, 9.17) is 4.98 Å². The molecule has 0 N–H and O–H groups in total. The fourth-order valence-corrected chi connectivity index (χ4v) is 10.7. The van der Waals surface area contributed by atoms with Crippen molar-refractivity contribution in [2.24, 2.45) is 0 Å². The van der Waals surface area contributed by atoms with E-state index in [1.54, 1.807) is 0 Å². The third kappa shape index (κ3) is 4.78. The highest BCUT2D eigenvalue weighted by atomic mass is 15.0. The largest absolute Gasteiger partial charge is 0.299 e. The molecule has 280 valence electrons. The molecule has 2 heteroatoms. The average molecular weight is 755 g/mol. The molecule has 12 rings (SSSR count). The van der Waals surface area contributed by atoms with E-state index in [2.05, 4.69) is 214 Å². The van der Waals surface area contributed by atoms with Crippen LogP contribution in [0.4, 0.5) is 0 Å². The Kier molecular flexibility index (Phi) is 7.06. The molecule has 0 unspecified atom stereocenters. The third-order valence-corrected chi connectivity index (χ3v) is 13.6. The lowest BCUT2D eigenvalue weighted by Gasteiger charge is -2.25. The van der Waals surface area contributed by atoms with Crippen molar-refractivity contribution in [2.75, 3.05) is 0 Å². The van der Waals surface area contributed by atoms with Gasteiger partial charge in [0.05, 0.1) is 11.4 Å². The number of aromatic nitrogens is 2. The zero-order chi connectivity index (χ0) is 39.6. The predicted molar refractivity (Wildman–Crippen MR) is 247 cm³/mol. The van der Waals surface area contributed by atoms with Crippen LogP contribution in [0, 0.1) is 0 Å². The van der Waals surface area contributed by atoms with Crippen molar-refractivity contribution in [3.05, 3.63) is 204 Å². The molecule has 2 aromatic heterocycles. The Morgan fingerprint density at radius 3 is 1.61 bits per heavy atom. The first-order valence-corrected chi connectivity index (χ1v) is 20.8. The van der Waals surface area contributed by atoms with Gasteiger partial charge in [-0.2, -0.15) is 0 Å². The summed E-state index contributed by atoms with van der Waals surface area (Å²) in [6, 6.07) is 65.3. The lowest BCUT2D eigenvalue weighted by Crippen LogP contribution is -2.15. The smallest absolute Gasteiger partial charge is 0.137 e. The highest BCUT2D eigenvalue weighted by Gasteiger charge is 2.38. The van der Waals surface area contributed by atoms with Gasteiger partial charge in [-0.1, -0.05) is 173 Å². The van der Waals surface area contributed by atoms with Crippen molar-refractivity contribution in [2.45, 2.75) is 38.5 Å². The summed E-state index contributed by atoms with van der Waals surface area (Å²) in [5.41, 5.74) is 21.0. The number of imidazole rings is 1. The van der Waals surface area contributed by atoms with Gasteiger partial charge in [-0.25, -0.2) is 4.98 Å². The minimum Gasteiger partial charge on any atom is -0.299 e. The Morgan fingerprint density at radius 2 is 0.898 bits per heavy atom. The van der Waals surface area contributed by atoms with Crippen LogP contribution >= 0.6 is 0 Å². The van der Waals surface area contributed by atoms with Crippen molar-refractivity contribution in [3.63, 3.8) is 0 Å². The van der Waals surface area contributed by atoms with Gasteiger partial charge in [-0.3, -0.25) is 4.40 Å². The van der Waals surface area contributed by atoms with Gasteiger partial charge in [0.15, 0.2) is 0 Å². The van der Waals surface area contributed by atoms with Crippen LogP contribution in [0.1, 0.15) is 49.9 Å². The van der Waals surface area contributed by atoms with Crippen LogP contribution < -0.4 is 0 Å². The summed E-state index contributed by atoms with van der Waals surface area (Å²) in [6.45, 7) is 9.54. The van der Waals surface area contributed by atoms with E-state index < -0.39 is 0 Å². The van der Waals surface area contributed by atoms with Crippen LogP contribution in [0.5, 0.6) is 0 Å². The van der Waals surface area contributed by atoms with E-state index in [9.17, 15) is 0 Å². The molecule has 8 aromatic carbocycles. The van der Waals surface area contributed by atoms with Crippen molar-refractivity contribution in [1.82, 2.24) is 9.38 Å². The van der Waals surface area contributed by atoms with Crippen LogP contribution in [-0.2, 0) is 10.8 Å². The number of nitrogens with zero attached hydrogens (tertiary/aromatic N) is 2. The Morgan fingerprint density at radius 1 is 0.373 bits per heavy atom. The van der Waals surface area contributed by atoms with Crippen LogP contribution in [0.15, 0.2) is 182 Å². The highest BCUT2D eigenvalue weighted by Crippen LogP contribution is 2.55. The monoisotopic (exact) mass is 754 g/mol. The number of fused-ring (bicyclic) bond motifs is 9. The van der Waals surface area contributed by atoms with Crippen LogP contribution in [0.2, 0.25) is 0 Å². The van der Waals surface area contributed by atoms with E-state index in [0.717, 1.165) is 28.2 Å². The molecule has 0 bridgehead atoms. The SMILES string of the molecule is CC1(C)c2ccccc2-c2ccc(-c3c4ccccc4c(-c4ccc(-c5nc6ccccn6c5-c5ccccc5)cc4)c4cc5c(cc34)-c3ccccc3C5(C)C)cc21. The van der Waals surface area contributed by atoms with E-state index in [1.807, 2.05) is 0 Å². The molecule has 2 nitrogen and oxygen atoms in total. The average Bonchev–Trinajstić information content (AvgIpc) is 3.85. The molecule has 0 radical (unpaired) electrons. The molecule has 0 atom stereocenters.